The van der Waals surface area contributed by atoms with Crippen LogP contribution in [0.15, 0.2) is 18.2 Å². The number of nitrogens with one attached hydrogen (secondary N) is 1. The van der Waals surface area contributed by atoms with Gasteiger partial charge < -0.3 is 5.32 Å². The number of benzene rings is 1. The Morgan fingerprint density at radius 3 is 2.62 bits per heavy atom. The van der Waals surface area contributed by atoms with Gasteiger partial charge in [-0.2, -0.15) is 0 Å². The summed E-state index contributed by atoms with van der Waals surface area (Å²) in [5.41, 5.74) is 0.859. The van der Waals surface area contributed by atoms with Crippen molar-refractivity contribution in [2.45, 2.75) is 6.04 Å². The zero-order chi connectivity index (χ0) is 11.8. The van der Waals surface area contributed by atoms with Gasteiger partial charge in [0, 0.05) is 12.6 Å². The highest BCUT2D eigenvalue weighted by atomic mass is 35.5. The van der Waals surface area contributed by atoms with Crippen molar-refractivity contribution in [3.8, 4) is 0 Å². The molecule has 0 amide bonds. The van der Waals surface area contributed by atoms with Crippen LogP contribution < -0.4 is 5.32 Å². The lowest BCUT2D eigenvalue weighted by Crippen LogP contribution is -2.39. The van der Waals surface area contributed by atoms with Gasteiger partial charge in [0.2, 0.25) is 0 Å². The van der Waals surface area contributed by atoms with Crippen LogP contribution in [0.5, 0.6) is 0 Å². The van der Waals surface area contributed by atoms with Crippen molar-refractivity contribution < 1.29 is 8.42 Å². The van der Waals surface area contributed by atoms with Crippen molar-refractivity contribution in [1.29, 1.82) is 0 Å². The van der Waals surface area contributed by atoms with Gasteiger partial charge in [-0.3, -0.25) is 0 Å². The minimum absolute atomic E-state index is 0.116. The maximum atomic E-state index is 11.5. The van der Waals surface area contributed by atoms with Crippen LogP contribution in [0.1, 0.15) is 11.6 Å². The summed E-state index contributed by atoms with van der Waals surface area (Å²) in [4.78, 5) is 0. The van der Waals surface area contributed by atoms with Crippen LogP contribution in [0, 0.1) is 0 Å². The van der Waals surface area contributed by atoms with Gasteiger partial charge in [-0.25, -0.2) is 8.42 Å². The molecule has 1 saturated heterocycles. The molecule has 0 aromatic heterocycles. The molecule has 1 unspecified atom stereocenters. The molecule has 1 aromatic rings. The molecule has 0 saturated carbocycles. The predicted octanol–water partition coefficient (Wildman–Crippen LogP) is 2.05. The van der Waals surface area contributed by atoms with Gasteiger partial charge in [0.05, 0.1) is 21.6 Å². The second-order valence-electron chi connectivity index (χ2n) is 3.79. The average Bonchev–Trinajstić information content (AvgIpc) is 2.20. The molecule has 2 rings (SSSR count). The number of halogens is 2. The topological polar surface area (TPSA) is 46.2 Å². The molecule has 1 aromatic carbocycles. The Bertz CT molecular complexity index is 502. The Morgan fingerprint density at radius 1 is 1.25 bits per heavy atom. The molecule has 16 heavy (non-hydrogen) atoms. The molecule has 1 heterocycles. The third-order valence-electron chi connectivity index (χ3n) is 2.57. The van der Waals surface area contributed by atoms with E-state index in [1.165, 1.54) is 0 Å². The van der Waals surface area contributed by atoms with E-state index in [0.717, 1.165) is 5.56 Å². The van der Waals surface area contributed by atoms with E-state index in [2.05, 4.69) is 5.32 Å². The zero-order valence-corrected chi connectivity index (χ0v) is 10.7. The molecule has 1 aliphatic heterocycles. The lowest BCUT2D eigenvalue weighted by Gasteiger charge is -2.24. The van der Waals surface area contributed by atoms with Gasteiger partial charge in [0.1, 0.15) is 0 Å². The van der Waals surface area contributed by atoms with Gasteiger partial charge in [0.25, 0.3) is 0 Å². The molecule has 0 radical (unpaired) electrons. The number of rotatable bonds is 1. The number of sulfone groups is 1. The van der Waals surface area contributed by atoms with Crippen molar-refractivity contribution in [2.75, 3.05) is 18.1 Å². The van der Waals surface area contributed by atoms with Gasteiger partial charge >= 0.3 is 0 Å². The lowest BCUT2D eigenvalue weighted by atomic mass is 10.1. The lowest BCUT2D eigenvalue weighted by molar-refractivity contribution is 0.531. The fourth-order valence-corrected chi connectivity index (χ4v) is 3.45. The summed E-state index contributed by atoms with van der Waals surface area (Å²) in [6, 6.07) is 5.01. The second-order valence-corrected chi connectivity index (χ2v) is 6.84. The summed E-state index contributed by atoms with van der Waals surface area (Å²) in [5.74, 6) is 0.315. The van der Waals surface area contributed by atoms with E-state index in [1.807, 2.05) is 0 Å². The summed E-state index contributed by atoms with van der Waals surface area (Å²) in [6.07, 6.45) is 0. The van der Waals surface area contributed by atoms with Crippen molar-refractivity contribution in [3.05, 3.63) is 33.8 Å². The van der Waals surface area contributed by atoms with E-state index in [9.17, 15) is 8.42 Å². The normalized spacial score (nSPS) is 24.2. The molecule has 1 N–H and O–H groups in total. The molecule has 0 spiro atoms. The standard InChI is InChI=1S/C10H11Cl2NO2S/c11-8-2-1-7(5-9(8)12)10-6-16(14,15)4-3-13-10/h1-2,5,10,13H,3-4,6H2. The Balaban J connectivity index is 2.27. The van der Waals surface area contributed by atoms with Crippen molar-refractivity contribution in [2.24, 2.45) is 0 Å². The summed E-state index contributed by atoms with van der Waals surface area (Å²) in [7, 11) is -2.94. The van der Waals surface area contributed by atoms with E-state index in [0.29, 0.717) is 16.6 Å². The maximum absolute atomic E-state index is 11.5. The van der Waals surface area contributed by atoms with Crippen molar-refractivity contribution >= 4 is 33.0 Å². The van der Waals surface area contributed by atoms with Crippen LogP contribution in [-0.4, -0.2) is 26.5 Å². The summed E-state index contributed by atoms with van der Waals surface area (Å²) in [6.45, 7) is 0.479. The molecule has 1 atom stereocenters. The largest absolute Gasteiger partial charge is 0.308 e. The minimum Gasteiger partial charge on any atom is -0.308 e. The maximum Gasteiger partial charge on any atom is 0.153 e. The molecule has 0 bridgehead atoms. The van der Waals surface area contributed by atoms with Crippen LogP contribution in [-0.2, 0) is 9.84 Å². The molecular formula is C10H11Cl2NO2S. The Kier molecular flexibility index (Phi) is 3.45. The van der Waals surface area contributed by atoms with Gasteiger partial charge in [0.15, 0.2) is 9.84 Å². The van der Waals surface area contributed by atoms with Crippen molar-refractivity contribution in [1.82, 2.24) is 5.32 Å². The van der Waals surface area contributed by atoms with E-state index >= 15 is 0 Å². The summed E-state index contributed by atoms with van der Waals surface area (Å²) < 4.78 is 23.0. The number of hydrogen-bond acceptors (Lipinski definition) is 3. The molecule has 6 heteroatoms. The van der Waals surface area contributed by atoms with E-state index in [4.69, 9.17) is 23.2 Å². The predicted molar refractivity (Wildman–Crippen MR) is 65.9 cm³/mol. The van der Waals surface area contributed by atoms with Gasteiger partial charge in [-0.1, -0.05) is 29.3 Å². The monoisotopic (exact) mass is 279 g/mol. The van der Waals surface area contributed by atoms with Crippen molar-refractivity contribution in [3.63, 3.8) is 0 Å². The highest BCUT2D eigenvalue weighted by Gasteiger charge is 2.25. The molecule has 88 valence electrons. The Labute approximate surface area is 105 Å². The fraction of sp³-hybridized carbons (Fsp3) is 0.400. The van der Waals surface area contributed by atoms with E-state index in [1.54, 1.807) is 18.2 Å². The highest BCUT2D eigenvalue weighted by Crippen LogP contribution is 2.27. The average molecular weight is 280 g/mol. The quantitative estimate of drug-likeness (QED) is 0.856. The first-order chi connectivity index (χ1) is 7.48. The minimum atomic E-state index is -2.94. The first-order valence-electron chi connectivity index (χ1n) is 4.87. The smallest absolute Gasteiger partial charge is 0.153 e. The third-order valence-corrected chi connectivity index (χ3v) is 4.98. The molecule has 1 fully saturated rings. The molecule has 3 nitrogen and oxygen atoms in total. The van der Waals surface area contributed by atoms with Gasteiger partial charge in [-0.05, 0) is 17.7 Å². The summed E-state index contributed by atoms with van der Waals surface area (Å²) in [5, 5.41) is 4.08. The third kappa shape index (κ3) is 2.69. The zero-order valence-electron chi connectivity index (χ0n) is 8.41. The van der Waals surface area contributed by atoms with Crippen LogP contribution in [0.25, 0.3) is 0 Å². The van der Waals surface area contributed by atoms with Gasteiger partial charge in [-0.15, -0.1) is 0 Å². The van der Waals surface area contributed by atoms with Crippen LogP contribution in [0.4, 0.5) is 0 Å². The summed E-state index contributed by atoms with van der Waals surface area (Å²) >= 11 is 11.7. The van der Waals surface area contributed by atoms with Crippen LogP contribution in [0.2, 0.25) is 10.0 Å². The number of hydrogen-bond donors (Lipinski definition) is 1. The highest BCUT2D eigenvalue weighted by molar-refractivity contribution is 7.91. The van der Waals surface area contributed by atoms with Crippen LogP contribution >= 0.6 is 23.2 Å². The fourth-order valence-electron chi connectivity index (χ4n) is 1.73. The second kappa shape index (κ2) is 4.53. The Hall–Kier alpha value is -0.290. The molecular weight excluding hydrogens is 269 g/mol. The van der Waals surface area contributed by atoms with Crippen LogP contribution in [0.3, 0.4) is 0 Å². The van der Waals surface area contributed by atoms with E-state index < -0.39 is 9.84 Å². The first-order valence-corrected chi connectivity index (χ1v) is 7.44. The van der Waals surface area contributed by atoms with E-state index in [-0.39, 0.29) is 17.5 Å². The Morgan fingerprint density at radius 2 is 2.00 bits per heavy atom. The SMILES string of the molecule is O=S1(=O)CCNC(c2ccc(Cl)c(Cl)c2)C1. The first kappa shape index (κ1) is 12.2. The molecule has 0 aliphatic carbocycles. The molecule has 1 aliphatic rings.